The van der Waals surface area contributed by atoms with Gasteiger partial charge in [-0.3, -0.25) is 4.90 Å². The molecule has 2 aromatic carbocycles. The van der Waals surface area contributed by atoms with Gasteiger partial charge in [-0.15, -0.1) is 0 Å². The Hall–Kier alpha value is -1.89. The number of hydrogen-bond acceptors (Lipinski definition) is 4. The van der Waals surface area contributed by atoms with E-state index in [2.05, 4.69) is 29.2 Å². The summed E-state index contributed by atoms with van der Waals surface area (Å²) in [7, 11) is 0.0379. The molecule has 5 nitrogen and oxygen atoms in total. The van der Waals surface area contributed by atoms with Gasteiger partial charge in [-0.05, 0) is 31.7 Å². The molecule has 0 spiro atoms. The van der Waals surface area contributed by atoms with Crippen LogP contribution in [0.4, 0.5) is 0 Å². The molecule has 0 aliphatic carbocycles. The summed E-state index contributed by atoms with van der Waals surface area (Å²) in [5.74, 6) is 0.547. The summed E-state index contributed by atoms with van der Waals surface area (Å²) in [6, 6.07) is 15.0. The van der Waals surface area contributed by atoms with Crippen LogP contribution in [0, 0.1) is 6.92 Å². The van der Waals surface area contributed by atoms with Gasteiger partial charge in [0.2, 0.25) is 10.0 Å². The van der Waals surface area contributed by atoms with E-state index in [1.807, 2.05) is 14.0 Å². The van der Waals surface area contributed by atoms with Crippen LogP contribution in [-0.4, -0.2) is 51.4 Å². The van der Waals surface area contributed by atoms with Crippen molar-refractivity contribution in [1.82, 2.24) is 9.21 Å². The first-order valence-corrected chi connectivity index (χ1v) is 9.77. The number of nitrogens with zero attached hydrogens (tertiary/aromatic N) is 2. The highest BCUT2D eigenvalue weighted by atomic mass is 32.2. The van der Waals surface area contributed by atoms with E-state index in [0.717, 1.165) is 5.56 Å². The van der Waals surface area contributed by atoms with Crippen molar-refractivity contribution in [3.63, 3.8) is 0 Å². The first-order chi connectivity index (χ1) is 11.9. The molecule has 1 heterocycles. The third kappa shape index (κ3) is 3.71. The SMILES string of the molecule is COc1cccc(S(=O)(=O)N2CCN(C)[C@@H](c3ccc(C)cc3)C2)c1. The molecular formula is C19H24N2O3S. The Morgan fingerprint density at radius 3 is 2.48 bits per heavy atom. The predicted octanol–water partition coefficient (Wildman–Crippen LogP) is 2.68. The van der Waals surface area contributed by atoms with Crippen LogP contribution in [0.15, 0.2) is 53.4 Å². The Kier molecular flexibility index (Phi) is 5.13. The van der Waals surface area contributed by atoms with Gasteiger partial charge >= 0.3 is 0 Å². The molecule has 0 N–H and O–H groups in total. The van der Waals surface area contributed by atoms with Crippen LogP contribution >= 0.6 is 0 Å². The molecule has 25 heavy (non-hydrogen) atoms. The summed E-state index contributed by atoms with van der Waals surface area (Å²) in [6.07, 6.45) is 0. The molecule has 6 heteroatoms. The van der Waals surface area contributed by atoms with Crippen molar-refractivity contribution in [2.45, 2.75) is 17.9 Å². The van der Waals surface area contributed by atoms with Crippen molar-refractivity contribution >= 4 is 10.0 Å². The maximum Gasteiger partial charge on any atom is 0.243 e. The van der Waals surface area contributed by atoms with Crippen molar-refractivity contribution < 1.29 is 13.2 Å². The zero-order chi connectivity index (χ0) is 18.0. The van der Waals surface area contributed by atoms with Gasteiger partial charge in [0.25, 0.3) is 0 Å². The van der Waals surface area contributed by atoms with Crippen molar-refractivity contribution in [2.75, 3.05) is 33.8 Å². The Balaban J connectivity index is 1.88. The number of aryl methyl sites for hydroxylation is 1. The number of hydrogen-bond donors (Lipinski definition) is 0. The molecule has 0 unspecified atom stereocenters. The number of methoxy groups -OCH3 is 1. The monoisotopic (exact) mass is 360 g/mol. The van der Waals surface area contributed by atoms with Crippen LogP contribution in [-0.2, 0) is 10.0 Å². The average Bonchev–Trinajstić information content (AvgIpc) is 2.63. The van der Waals surface area contributed by atoms with E-state index in [4.69, 9.17) is 4.74 Å². The summed E-state index contributed by atoms with van der Waals surface area (Å²) in [5.41, 5.74) is 2.33. The minimum Gasteiger partial charge on any atom is -0.497 e. The lowest BCUT2D eigenvalue weighted by atomic mass is 10.0. The predicted molar refractivity (Wildman–Crippen MR) is 98.3 cm³/mol. The first-order valence-electron chi connectivity index (χ1n) is 8.33. The highest BCUT2D eigenvalue weighted by molar-refractivity contribution is 7.89. The summed E-state index contributed by atoms with van der Waals surface area (Å²) in [4.78, 5) is 2.49. The molecule has 0 saturated carbocycles. The van der Waals surface area contributed by atoms with Gasteiger partial charge in [0.1, 0.15) is 5.75 Å². The minimum absolute atomic E-state index is 0.0507. The minimum atomic E-state index is -3.54. The van der Waals surface area contributed by atoms with Crippen molar-refractivity contribution in [3.05, 3.63) is 59.7 Å². The Morgan fingerprint density at radius 1 is 1.08 bits per heavy atom. The van der Waals surface area contributed by atoms with Gasteiger partial charge < -0.3 is 4.74 Å². The number of rotatable bonds is 4. The molecule has 1 aliphatic rings. The standard InChI is InChI=1S/C19H24N2O3S/c1-15-7-9-16(10-8-15)19-14-21(12-11-20(19)2)25(22,23)18-6-4-5-17(13-18)24-3/h4-10,13,19H,11-12,14H2,1-3H3/t19-/m1/s1. The van der Waals surface area contributed by atoms with Gasteiger partial charge in [-0.1, -0.05) is 35.9 Å². The Bertz CT molecular complexity index is 834. The second-order valence-electron chi connectivity index (χ2n) is 6.45. The molecule has 134 valence electrons. The molecule has 1 fully saturated rings. The Labute approximate surface area is 149 Å². The summed E-state index contributed by atoms with van der Waals surface area (Å²) < 4.78 is 32.8. The second-order valence-corrected chi connectivity index (χ2v) is 8.39. The van der Waals surface area contributed by atoms with E-state index >= 15 is 0 Å². The van der Waals surface area contributed by atoms with Crippen LogP contribution in [0.1, 0.15) is 17.2 Å². The van der Waals surface area contributed by atoms with Gasteiger partial charge in [-0.2, -0.15) is 4.31 Å². The molecule has 0 amide bonds. The molecule has 2 aromatic rings. The summed E-state index contributed by atoms with van der Waals surface area (Å²) in [6.45, 7) is 3.67. The second kappa shape index (κ2) is 7.15. The van der Waals surface area contributed by atoms with E-state index in [0.29, 0.717) is 25.4 Å². The van der Waals surface area contributed by atoms with Crippen molar-refractivity contribution in [1.29, 1.82) is 0 Å². The number of piperazine rings is 1. The molecule has 3 rings (SSSR count). The molecule has 0 bridgehead atoms. The van der Waals surface area contributed by atoms with E-state index in [-0.39, 0.29) is 10.9 Å². The van der Waals surface area contributed by atoms with Gasteiger partial charge in [0.05, 0.1) is 12.0 Å². The van der Waals surface area contributed by atoms with Crippen molar-refractivity contribution in [2.24, 2.45) is 0 Å². The fraction of sp³-hybridized carbons (Fsp3) is 0.368. The summed E-state index contributed by atoms with van der Waals surface area (Å²) >= 11 is 0. The lowest BCUT2D eigenvalue weighted by molar-refractivity contribution is 0.148. The van der Waals surface area contributed by atoms with Gasteiger partial charge in [-0.25, -0.2) is 8.42 Å². The molecule has 1 aliphatic heterocycles. The van der Waals surface area contributed by atoms with E-state index < -0.39 is 10.0 Å². The smallest absolute Gasteiger partial charge is 0.243 e. The lowest BCUT2D eigenvalue weighted by Gasteiger charge is -2.39. The third-order valence-electron chi connectivity index (χ3n) is 4.75. The van der Waals surface area contributed by atoms with Crippen LogP contribution < -0.4 is 4.74 Å². The highest BCUT2D eigenvalue weighted by Crippen LogP contribution is 2.29. The number of likely N-dealkylation sites (N-methyl/N-ethyl adjacent to an activating group) is 1. The van der Waals surface area contributed by atoms with Crippen LogP contribution in [0.3, 0.4) is 0 Å². The van der Waals surface area contributed by atoms with E-state index in [1.165, 1.54) is 12.7 Å². The van der Waals surface area contributed by atoms with Gasteiger partial charge in [0.15, 0.2) is 0 Å². The molecule has 1 atom stereocenters. The molecule has 0 aromatic heterocycles. The fourth-order valence-electron chi connectivity index (χ4n) is 3.13. The van der Waals surface area contributed by atoms with E-state index in [9.17, 15) is 8.42 Å². The number of sulfonamides is 1. The molecule has 0 radical (unpaired) electrons. The quantitative estimate of drug-likeness (QED) is 0.841. The largest absolute Gasteiger partial charge is 0.497 e. The summed E-state index contributed by atoms with van der Waals surface area (Å²) in [5, 5.41) is 0. The normalized spacial score (nSPS) is 19.7. The van der Waals surface area contributed by atoms with Crippen LogP contribution in [0.2, 0.25) is 0 Å². The zero-order valence-corrected chi connectivity index (χ0v) is 15.7. The van der Waals surface area contributed by atoms with Gasteiger partial charge in [0, 0.05) is 31.7 Å². The zero-order valence-electron chi connectivity index (χ0n) is 14.8. The molecular weight excluding hydrogens is 336 g/mol. The topological polar surface area (TPSA) is 49.9 Å². The Morgan fingerprint density at radius 2 is 1.80 bits per heavy atom. The van der Waals surface area contributed by atoms with Crippen LogP contribution in [0.25, 0.3) is 0 Å². The van der Waals surface area contributed by atoms with Crippen LogP contribution in [0.5, 0.6) is 5.75 Å². The fourth-order valence-corrected chi connectivity index (χ4v) is 4.60. The van der Waals surface area contributed by atoms with E-state index in [1.54, 1.807) is 28.6 Å². The highest BCUT2D eigenvalue weighted by Gasteiger charge is 2.33. The third-order valence-corrected chi connectivity index (χ3v) is 6.61. The number of ether oxygens (including phenoxy) is 1. The first kappa shape index (κ1) is 17.9. The maximum absolute atomic E-state index is 13.0. The average molecular weight is 360 g/mol. The lowest BCUT2D eigenvalue weighted by Crippen LogP contribution is -2.48. The number of benzene rings is 2. The molecule has 1 saturated heterocycles. The maximum atomic E-state index is 13.0. The van der Waals surface area contributed by atoms with Crippen molar-refractivity contribution in [3.8, 4) is 5.75 Å².